The first kappa shape index (κ1) is 33.1. The fourth-order valence-corrected chi connectivity index (χ4v) is 4.17. The number of benzene rings is 4. The van der Waals surface area contributed by atoms with Gasteiger partial charge in [-0.25, -0.2) is 23.2 Å². The molecule has 0 saturated heterocycles. The number of carbonyl (C=O) groups excluding carboxylic acids is 3. The van der Waals surface area contributed by atoms with Crippen LogP contribution in [0.5, 0.6) is 23.0 Å². The zero-order valence-electron chi connectivity index (χ0n) is 25.7. The Hall–Kier alpha value is -5.83. The largest absolute Gasteiger partial charge is 0.493 e. The molecule has 0 fully saturated rings. The summed E-state index contributed by atoms with van der Waals surface area (Å²) in [5, 5.41) is 0. The standard InChI is InChI=1S/C37H30F2O7/c1-20(2)35(40)44-30-17-13-26(19-32(30)46-37(42)22(5)6)28-15-14-27(33(38)34(28)39)24-10-8-23(9-11-24)25-12-16-29(43-7)31(18-25)45-36(41)21(3)4/h8-19H,1,3,5H2,2,4,6-7H3. The number of hydrogen-bond donors (Lipinski definition) is 0. The first-order valence-electron chi connectivity index (χ1n) is 13.8. The van der Waals surface area contributed by atoms with Gasteiger partial charge in [0.25, 0.3) is 0 Å². The van der Waals surface area contributed by atoms with Crippen LogP contribution in [0.3, 0.4) is 0 Å². The van der Waals surface area contributed by atoms with Crippen LogP contribution in [0.25, 0.3) is 33.4 Å². The van der Waals surface area contributed by atoms with Crippen LogP contribution in [0, 0.1) is 11.6 Å². The number of carbonyl (C=O) groups is 3. The summed E-state index contributed by atoms with van der Waals surface area (Å²) in [6.07, 6.45) is 0. The molecule has 0 radical (unpaired) electrons. The zero-order valence-corrected chi connectivity index (χ0v) is 25.7. The average Bonchev–Trinajstić information content (AvgIpc) is 3.03. The number of hydrogen-bond acceptors (Lipinski definition) is 7. The average molecular weight is 625 g/mol. The lowest BCUT2D eigenvalue weighted by molar-refractivity contribution is -0.132. The molecule has 0 atom stereocenters. The van der Waals surface area contributed by atoms with Gasteiger partial charge in [-0.1, -0.05) is 68.3 Å². The molecule has 4 aromatic carbocycles. The van der Waals surface area contributed by atoms with Gasteiger partial charge >= 0.3 is 17.9 Å². The Labute approximate surface area is 265 Å². The molecule has 0 aromatic heterocycles. The second-order valence-corrected chi connectivity index (χ2v) is 10.4. The highest BCUT2D eigenvalue weighted by molar-refractivity contribution is 5.92. The van der Waals surface area contributed by atoms with Crippen LogP contribution < -0.4 is 18.9 Å². The molecule has 0 aliphatic rings. The lowest BCUT2D eigenvalue weighted by Gasteiger charge is -2.14. The van der Waals surface area contributed by atoms with E-state index in [0.717, 1.165) is 5.56 Å². The lowest BCUT2D eigenvalue weighted by Crippen LogP contribution is -2.13. The predicted molar refractivity (Wildman–Crippen MR) is 171 cm³/mol. The van der Waals surface area contributed by atoms with Crippen LogP contribution >= 0.6 is 0 Å². The van der Waals surface area contributed by atoms with Crippen LogP contribution in [0.2, 0.25) is 0 Å². The molecule has 0 bridgehead atoms. The Balaban J connectivity index is 1.66. The molecule has 234 valence electrons. The minimum absolute atomic E-state index is 0.0135. The topological polar surface area (TPSA) is 88.1 Å². The molecular weight excluding hydrogens is 594 g/mol. The SMILES string of the molecule is C=C(C)C(=O)Oc1cc(-c2ccc(-c3ccc(-c4ccc(OC(=O)C(=C)C)c(OC(=O)C(=C)C)c4)c(F)c3F)cc2)ccc1OC. The molecule has 4 rings (SSSR count). The maximum atomic E-state index is 15.5. The fraction of sp³-hybridized carbons (Fsp3) is 0.108. The van der Waals surface area contributed by atoms with E-state index in [1.807, 2.05) is 0 Å². The summed E-state index contributed by atoms with van der Waals surface area (Å²) in [6, 6.07) is 18.6. The van der Waals surface area contributed by atoms with Crippen LogP contribution in [0.4, 0.5) is 8.78 Å². The van der Waals surface area contributed by atoms with Crippen molar-refractivity contribution in [1.82, 2.24) is 0 Å². The second kappa shape index (κ2) is 13.9. The molecule has 0 amide bonds. The van der Waals surface area contributed by atoms with Gasteiger partial charge in [-0.15, -0.1) is 0 Å². The van der Waals surface area contributed by atoms with E-state index in [1.165, 1.54) is 58.2 Å². The van der Waals surface area contributed by atoms with Gasteiger partial charge in [-0.05, 0) is 67.3 Å². The van der Waals surface area contributed by atoms with Crippen molar-refractivity contribution in [1.29, 1.82) is 0 Å². The Morgan fingerprint density at radius 1 is 0.500 bits per heavy atom. The van der Waals surface area contributed by atoms with Gasteiger partial charge in [0.15, 0.2) is 34.6 Å². The number of rotatable bonds is 10. The molecule has 0 unspecified atom stereocenters. The number of ether oxygens (including phenoxy) is 4. The maximum absolute atomic E-state index is 15.5. The van der Waals surface area contributed by atoms with Gasteiger partial charge in [0, 0.05) is 27.8 Å². The molecule has 0 aliphatic heterocycles. The van der Waals surface area contributed by atoms with E-state index in [4.69, 9.17) is 18.9 Å². The van der Waals surface area contributed by atoms with Gasteiger partial charge in [-0.3, -0.25) is 0 Å². The van der Waals surface area contributed by atoms with E-state index in [9.17, 15) is 14.4 Å². The van der Waals surface area contributed by atoms with Gasteiger partial charge < -0.3 is 18.9 Å². The Kier molecular flexibility index (Phi) is 9.96. The molecule has 46 heavy (non-hydrogen) atoms. The summed E-state index contributed by atoms with van der Waals surface area (Å²) in [5.41, 5.74) is 2.31. The maximum Gasteiger partial charge on any atom is 0.338 e. The van der Waals surface area contributed by atoms with Crippen molar-refractivity contribution < 1.29 is 42.1 Å². The minimum atomic E-state index is -1.13. The van der Waals surface area contributed by atoms with Crippen molar-refractivity contribution in [2.75, 3.05) is 7.11 Å². The van der Waals surface area contributed by atoms with Gasteiger partial charge in [-0.2, -0.15) is 0 Å². The third-order valence-corrected chi connectivity index (χ3v) is 6.68. The summed E-state index contributed by atoms with van der Waals surface area (Å²) in [4.78, 5) is 36.4. The van der Waals surface area contributed by atoms with Gasteiger partial charge in [0.05, 0.1) is 7.11 Å². The van der Waals surface area contributed by atoms with E-state index in [0.29, 0.717) is 16.9 Å². The van der Waals surface area contributed by atoms with Crippen molar-refractivity contribution in [3.05, 3.63) is 121 Å². The van der Waals surface area contributed by atoms with Crippen molar-refractivity contribution in [3.63, 3.8) is 0 Å². The van der Waals surface area contributed by atoms with Crippen molar-refractivity contribution in [2.45, 2.75) is 20.8 Å². The first-order valence-corrected chi connectivity index (χ1v) is 13.8. The second-order valence-electron chi connectivity index (χ2n) is 10.4. The predicted octanol–water partition coefficient (Wildman–Crippen LogP) is 8.42. The summed E-state index contributed by atoms with van der Waals surface area (Å²) in [7, 11) is 1.45. The molecule has 0 saturated carbocycles. The summed E-state index contributed by atoms with van der Waals surface area (Å²) < 4.78 is 52.3. The van der Waals surface area contributed by atoms with Crippen LogP contribution in [-0.4, -0.2) is 25.0 Å². The molecular formula is C37H30F2O7. The van der Waals surface area contributed by atoms with E-state index >= 15 is 8.78 Å². The third kappa shape index (κ3) is 7.27. The Morgan fingerprint density at radius 2 is 0.870 bits per heavy atom. The highest BCUT2D eigenvalue weighted by atomic mass is 19.2. The highest BCUT2D eigenvalue weighted by Gasteiger charge is 2.21. The van der Waals surface area contributed by atoms with Crippen molar-refractivity contribution in [3.8, 4) is 56.4 Å². The molecule has 0 aliphatic carbocycles. The van der Waals surface area contributed by atoms with Crippen LogP contribution in [0.1, 0.15) is 20.8 Å². The Morgan fingerprint density at radius 3 is 1.37 bits per heavy atom. The van der Waals surface area contributed by atoms with Crippen molar-refractivity contribution in [2.24, 2.45) is 0 Å². The first-order chi connectivity index (χ1) is 21.8. The molecule has 9 heteroatoms. The van der Waals surface area contributed by atoms with Crippen LogP contribution in [0.15, 0.2) is 109 Å². The summed E-state index contributed by atoms with van der Waals surface area (Å²) >= 11 is 0. The fourth-order valence-electron chi connectivity index (χ4n) is 4.17. The van der Waals surface area contributed by atoms with E-state index in [2.05, 4.69) is 19.7 Å². The molecule has 0 spiro atoms. The zero-order chi connectivity index (χ0) is 33.7. The van der Waals surface area contributed by atoms with E-state index < -0.39 is 29.5 Å². The monoisotopic (exact) mass is 624 g/mol. The smallest absolute Gasteiger partial charge is 0.338 e. The van der Waals surface area contributed by atoms with Crippen LogP contribution in [-0.2, 0) is 14.4 Å². The molecule has 4 aromatic rings. The highest BCUT2D eigenvalue weighted by Crippen LogP contribution is 2.38. The number of esters is 3. The molecule has 7 nitrogen and oxygen atoms in total. The molecule has 0 heterocycles. The molecule has 0 N–H and O–H groups in total. The van der Waals surface area contributed by atoms with Gasteiger partial charge in [0.1, 0.15) is 0 Å². The van der Waals surface area contributed by atoms with Crippen molar-refractivity contribution >= 4 is 17.9 Å². The van der Waals surface area contributed by atoms with Gasteiger partial charge in [0.2, 0.25) is 0 Å². The number of methoxy groups -OCH3 is 1. The normalized spacial score (nSPS) is 10.5. The summed E-state index contributed by atoms with van der Waals surface area (Å²) in [5.74, 6) is -4.11. The minimum Gasteiger partial charge on any atom is -0.493 e. The number of halogens is 2. The third-order valence-electron chi connectivity index (χ3n) is 6.68. The summed E-state index contributed by atoms with van der Waals surface area (Å²) in [6.45, 7) is 15.1. The quantitative estimate of drug-likeness (QED) is 0.0994. The van der Waals surface area contributed by atoms with E-state index in [1.54, 1.807) is 42.5 Å². The Bertz CT molecular complexity index is 1910. The van der Waals surface area contributed by atoms with E-state index in [-0.39, 0.29) is 50.7 Å². The lowest BCUT2D eigenvalue weighted by atomic mass is 9.96.